The third-order valence-electron chi connectivity index (χ3n) is 7.70. The lowest BCUT2D eigenvalue weighted by Crippen LogP contribution is -2.24. The average molecular weight is 589 g/mol. The molecule has 0 spiro atoms. The summed E-state index contributed by atoms with van der Waals surface area (Å²) in [4.78, 5) is 0. The summed E-state index contributed by atoms with van der Waals surface area (Å²) in [5.41, 5.74) is 0. The molecular formula is C39H72O3. The van der Waals surface area contributed by atoms with Crippen molar-refractivity contribution in [3.05, 3.63) is 48.6 Å². The maximum atomic E-state index is 9.58. The molecule has 0 fully saturated rings. The van der Waals surface area contributed by atoms with E-state index in [9.17, 15) is 5.11 Å². The van der Waals surface area contributed by atoms with Gasteiger partial charge in [0.15, 0.2) is 0 Å². The summed E-state index contributed by atoms with van der Waals surface area (Å²) in [5, 5.41) is 9.58. The van der Waals surface area contributed by atoms with Crippen molar-refractivity contribution in [1.29, 1.82) is 0 Å². The smallest absolute Gasteiger partial charge is 0.104 e. The Kier molecular flexibility index (Phi) is 36.8. The van der Waals surface area contributed by atoms with Crippen LogP contribution in [0.1, 0.15) is 168 Å². The van der Waals surface area contributed by atoms with Gasteiger partial charge < -0.3 is 14.6 Å². The molecule has 0 aliphatic heterocycles. The van der Waals surface area contributed by atoms with Crippen LogP contribution in [-0.4, -0.2) is 37.6 Å². The number of allylic oxidation sites excluding steroid dienone is 8. The number of aliphatic hydroxyl groups is 1. The Hall–Kier alpha value is -1.16. The topological polar surface area (TPSA) is 38.7 Å². The monoisotopic (exact) mass is 589 g/mol. The van der Waals surface area contributed by atoms with Gasteiger partial charge in [0.2, 0.25) is 0 Å². The molecule has 1 N–H and O–H groups in total. The van der Waals surface area contributed by atoms with Gasteiger partial charge in [-0.3, -0.25) is 0 Å². The number of aliphatic hydroxyl groups excluding tert-OH is 1. The Bertz CT molecular complexity index is 607. The summed E-state index contributed by atoms with van der Waals surface area (Å²) in [5.74, 6) is 0. The summed E-state index contributed by atoms with van der Waals surface area (Å²) < 4.78 is 11.6. The zero-order chi connectivity index (χ0) is 30.4. The van der Waals surface area contributed by atoms with E-state index in [0.29, 0.717) is 6.61 Å². The van der Waals surface area contributed by atoms with Crippen LogP contribution >= 0.6 is 0 Å². The van der Waals surface area contributed by atoms with Crippen LogP contribution in [0, 0.1) is 0 Å². The van der Waals surface area contributed by atoms with Crippen LogP contribution in [0.4, 0.5) is 0 Å². The molecule has 0 aliphatic rings. The molecule has 1 unspecified atom stereocenters. The van der Waals surface area contributed by atoms with E-state index in [1.807, 2.05) is 0 Å². The van der Waals surface area contributed by atoms with Crippen LogP contribution < -0.4 is 0 Å². The van der Waals surface area contributed by atoms with Crippen LogP contribution in [0.3, 0.4) is 0 Å². The predicted molar refractivity (Wildman–Crippen MR) is 186 cm³/mol. The van der Waals surface area contributed by atoms with Crippen LogP contribution in [0.15, 0.2) is 48.6 Å². The van der Waals surface area contributed by atoms with E-state index in [2.05, 4.69) is 62.5 Å². The fourth-order valence-corrected chi connectivity index (χ4v) is 4.90. The SMILES string of the molecule is CCCCC/C=C\C/C=C\CCCCCCCCOCC(CO)OCCCCCCCC/C=C\C/C=C\CCCCC. The zero-order valence-corrected chi connectivity index (χ0v) is 28.3. The second kappa shape index (κ2) is 37.9. The number of ether oxygens (including phenoxy) is 2. The molecule has 0 aromatic heterocycles. The van der Waals surface area contributed by atoms with Gasteiger partial charge in [-0.25, -0.2) is 0 Å². The summed E-state index contributed by atoms with van der Waals surface area (Å²) in [6.45, 7) is 6.58. The summed E-state index contributed by atoms with van der Waals surface area (Å²) in [6, 6.07) is 0. The van der Waals surface area contributed by atoms with Crippen LogP contribution in [0.5, 0.6) is 0 Å². The van der Waals surface area contributed by atoms with Crippen LogP contribution in [-0.2, 0) is 9.47 Å². The van der Waals surface area contributed by atoms with Crippen molar-refractivity contribution in [2.75, 3.05) is 26.4 Å². The van der Waals surface area contributed by atoms with Crippen molar-refractivity contribution in [2.24, 2.45) is 0 Å². The Balaban J connectivity index is 3.38. The summed E-state index contributed by atoms with van der Waals surface area (Å²) in [6.07, 6.45) is 48.5. The van der Waals surface area contributed by atoms with Gasteiger partial charge in [0.1, 0.15) is 6.10 Å². The first kappa shape index (κ1) is 40.8. The Morgan fingerprint density at radius 3 is 1.26 bits per heavy atom. The summed E-state index contributed by atoms with van der Waals surface area (Å²) >= 11 is 0. The summed E-state index contributed by atoms with van der Waals surface area (Å²) in [7, 11) is 0. The molecule has 0 aromatic rings. The van der Waals surface area contributed by atoms with Crippen molar-refractivity contribution >= 4 is 0 Å². The molecule has 0 aromatic carbocycles. The molecule has 3 nitrogen and oxygen atoms in total. The van der Waals surface area contributed by atoms with Crippen LogP contribution in [0.25, 0.3) is 0 Å². The fraction of sp³-hybridized carbons (Fsp3) is 0.795. The molecule has 0 bridgehead atoms. The first-order chi connectivity index (χ1) is 20.8. The lowest BCUT2D eigenvalue weighted by Gasteiger charge is -2.15. The minimum absolute atomic E-state index is 0.0475. The molecule has 0 aliphatic carbocycles. The third kappa shape index (κ3) is 35.0. The molecule has 1 atom stereocenters. The molecule has 0 saturated carbocycles. The van der Waals surface area contributed by atoms with E-state index in [1.54, 1.807) is 0 Å². The average Bonchev–Trinajstić information content (AvgIpc) is 3.00. The molecular weight excluding hydrogens is 516 g/mol. The van der Waals surface area contributed by atoms with Gasteiger partial charge in [0, 0.05) is 13.2 Å². The van der Waals surface area contributed by atoms with Gasteiger partial charge in [-0.05, 0) is 77.0 Å². The van der Waals surface area contributed by atoms with E-state index in [4.69, 9.17) is 9.47 Å². The standard InChI is InChI=1S/C39H72O3/c1-3-5-7-9-11-13-15-17-19-21-23-25-27-29-31-33-35-41-38-39(37-40)42-36-34-32-30-28-26-24-22-20-18-16-14-12-10-8-6-4-2/h11-14,17-20,39-40H,3-10,15-16,21-38H2,1-2H3/b13-11-,14-12-,19-17-,20-18-. The van der Waals surface area contributed by atoms with Gasteiger partial charge in [-0.2, -0.15) is 0 Å². The highest BCUT2D eigenvalue weighted by Gasteiger charge is 2.07. The minimum Gasteiger partial charge on any atom is -0.394 e. The molecule has 0 saturated heterocycles. The van der Waals surface area contributed by atoms with E-state index in [-0.39, 0.29) is 12.7 Å². The second-order valence-electron chi connectivity index (χ2n) is 11.9. The largest absolute Gasteiger partial charge is 0.394 e. The van der Waals surface area contributed by atoms with Gasteiger partial charge in [0.25, 0.3) is 0 Å². The van der Waals surface area contributed by atoms with E-state index in [1.165, 1.54) is 128 Å². The van der Waals surface area contributed by atoms with Crippen molar-refractivity contribution < 1.29 is 14.6 Å². The molecule has 0 heterocycles. The van der Waals surface area contributed by atoms with Gasteiger partial charge >= 0.3 is 0 Å². The maximum absolute atomic E-state index is 9.58. The zero-order valence-electron chi connectivity index (χ0n) is 28.3. The number of hydrogen-bond acceptors (Lipinski definition) is 3. The Labute approximate surface area is 263 Å². The van der Waals surface area contributed by atoms with Crippen LogP contribution in [0.2, 0.25) is 0 Å². The normalized spacial score (nSPS) is 13.1. The van der Waals surface area contributed by atoms with Gasteiger partial charge in [-0.1, -0.05) is 140 Å². The quantitative estimate of drug-likeness (QED) is 0.0600. The van der Waals surface area contributed by atoms with E-state index < -0.39 is 0 Å². The van der Waals surface area contributed by atoms with E-state index in [0.717, 1.165) is 38.9 Å². The molecule has 3 heteroatoms. The third-order valence-corrected chi connectivity index (χ3v) is 7.70. The predicted octanol–water partition coefficient (Wildman–Crippen LogP) is 12.0. The maximum Gasteiger partial charge on any atom is 0.104 e. The van der Waals surface area contributed by atoms with Gasteiger partial charge in [0.05, 0.1) is 13.2 Å². The van der Waals surface area contributed by atoms with Crippen molar-refractivity contribution in [3.63, 3.8) is 0 Å². The number of rotatable bonds is 34. The highest BCUT2D eigenvalue weighted by Crippen LogP contribution is 2.10. The van der Waals surface area contributed by atoms with Gasteiger partial charge in [-0.15, -0.1) is 0 Å². The first-order valence-electron chi connectivity index (χ1n) is 18.2. The van der Waals surface area contributed by atoms with E-state index >= 15 is 0 Å². The van der Waals surface area contributed by atoms with Crippen molar-refractivity contribution in [1.82, 2.24) is 0 Å². The Morgan fingerprint density at radius 1 is 0.452 bits per heavy atom. The number of hydrogen-bond donors (Lipinski definition) is 1. The molecule has 246 valence electrons. The molecule has 0 amide bonds. The van der Waals surface area contributed by atoms with Crippen molar-refractivity contribution in [3.8, 4) is 0 Å². The molecule has 42 heavy (non-hydrogen) atoms. The lowest BCUT2D eigenvalue weighted by atomic mass is 10.1. The molecule has 0 radical (unpaired) electrons. The lowest BCUT2D eigenvalue weighted by molar-refractivity contribution is -0.0437. The fourth-order valence-electron chi connectivity index (χ4n) is 4.90. The second-order valence-corrected chi connectivity index (χ2v) is 11.9. The highest BCUT2D eigenvalue weighted by molar-refractivity contribution is 4.93. The molecule has 0 rings (SSSR count). The van der Waals surface area contributed by atoms with Crippen molar-refractivity contribution in [2.45, 2.75) is 174 Å². The Morgan fingerprint density at radius 2 is 0.833 bits per heavy atom. The first-order valence-corrected chi connectivity index (χ1v) is 18.2. The number of unbranched alkanes of at least 4 members (excludes halogenated alkanes) is 18. The highest BCUT2D eigenvalue weighted by atomic mass is 16.5. The minimum atomic E-state index is -0.174.